The summed E-state index contributed by atoms with van der Waals surface area (Å²) >= 11 is 0. The third-order valence-electron chi connectivity index (χ3n) is 4.22. The average molecular weight is 342 g/mol. The molecule has 132 valence electrons. The number of anilines is 1. The molecule has 3 rings (SSSR count). The van der Waals surface area contributed by atoms with Gasteiger partial charge in [0.15, 0.2) is 6.61 Å². The number of hydrogen-bond acceptors (Lipinski definition) is 6. The fourth-order valence-electron chi connectivity index (χ4n) is 2.94. The van der Waals surface area contributed by atoms with Crippen molar-refractivity contribution in [2.75, 3.05) is 31.2 Å². The van der Waals surface area contributed by atoms with E-state index in [1.165, 1.54) is 0 Å². The molecule has 0 spiro atoms. The zero-order chi connectivity index (χ0) is 17.6. The van der Waals surface area contributed by atoms with E-state index in [4.69, 9.17) is 4.74 Å². The molecule has 0 radical (unpaired) electrons. The zero-order valence-electron chi connectivity index (χ0n) is 14.1. The largest absolute Gasteiger partial charge is 0.484 e. The number of aliphatic hydroxyl groups excluding tert-OH is 1. The van der Waals surface area contributed by atoms with Crippen LogP contribution in [0.2, 0.25) is 0 Å². The van der Waals surface area contributed by atoms with Crippen molar-refractivity contribution in [3.05, 3.63) is 48.3 Å². The summed E-state index contributed by atoms with van der Waals surface area (Å²) in [6.45, 7) is 3.07. The Hall–Kier alpha value is -2.67. The Morgan fingerprint density at radius 1 is 1.32 bits per heavy atom. The first-order valence-electron chi connectivity index (χ1n) is 8.27. The number of nitrogens with zero attached hydrogens (tertiary/aromatic N) is 3. The molecule has 0 bridgehead atoms. The molecule has 0 saturated carbocycles. The van der Waals surface area contributed by atoms with Crippen LogP contribution >= 0.6 is 0 Å². The minimum atomic E-state index is -0.208. The third kappa shape index (κ3) is 4.45. The molecule has 1 saturated heterocycles. The Kier molecular flexibility index (Phi) is 5.45. The van der Waals surface area contributed by atoms with Crippen LogP contribution in [0.25, 0.3) is 0 Å². The van der Waals surface area contributed by atoms with Crippen molar-refractivity contribution in [3.63, 3.8) is 0 Å². The second-order valence-electron chi connectivity index (χ2n) is 6.18. The Balaban J connectivity index is 1.55. The predicted octanol–water partition coefficient (Wildman–Crippen LogP) is 0.777. The number of carbonyl (C=O) groups excluding carboxylic acids is 1. The molecule has 1 aliphatic heterocycles. The van der Waals surface area contributed by atoms with Gasteiger partial charge in [-0.2, -0.15) is 0 Å². The van der Waals surface area contributed by atoms with Gasteiger partial charge in [0.25, 0.3) is 5.91 Å². The van der Waals surface area contributed by atoms with Crippen molar-refractivity contribution < 1.29 is 14.6 Å². The van der Waals surface area contributed by atoms with Gasteiger partial charge in [-0.3, -0.25) is 4.79 Å². The first-order chi connectivity index (χ1) is 12.2. The van der Waals surface area contributed by atoms with E-state index >= 15 is 0 Å². The maximum absolute atomic E-state index is 12.2. The Morgan fingerprint density at radius 2 is 2.12 bits per heavy atom. The first kappa shape index (κ1) is 17.2. The van der Waals surface area contributed by atoms with Crippen LogP contribution in [0.5, 0.6) is 5.75 Å². The van der Waals surface area contributed by atoms with Gasteiger partial charge in [0.2, 0.25) is 5.95 Å². The van der Waals surface area contributed by atoms with Gasteiger partial charge in [-0.15, -0.1) is 0 Å². The quantitative estimate of drug-likeness (QED) is 0.807. The number of aryl methyl sites for hydroxylation is 1. The summed E-state index contributed by atoms with van der Waals surface area (Å²) in [5.74, 6) is 1.00. The van der Waals surface area contributed by atoms with Crippen LogP contribution in [0.15, 0.2) is 42.7 Å². The molecule has 2 heterocycles. The van der Waals surface area contributed by atoms with Crippen molar-refractivity contribution in [1.82, 2.24) is 15.3 Å². The Morgan fingerprint density at radius 3 is 2.84 bits per heavy atom. The van der Waals surface area contributed by atoms with Crippen molar-refractivity contribution in [2.24, 2.45) is 5.92 Å². The SMILES string of the molecule is Cc1cccc(OCC(=O)N[C@@H]2CN(c3ncccn3)C[C@H]2CO)c1. The van der Waals surface area contributed by atoms with E-state index in [1.807, 2.05) is 36.1 Å². The molecule has 1 fully saturated rings. The van der Waals surface area contributed by atoms with Crippen LogP contribution in [0.4, 0.5) is 5.95 Å². The molecule has 7 nitrogen and oxygen atoms in total. The molecule has 2 atom stereocenters. The monoisotopic (exact) mass is 342 g/mol. The highest BCUT2D eigenvalue weighted by Gasteiger charge is 2.34. The van der Waals surface area contributed by atoms with Gasteiger partial charge in [-0.05, 0) is 30.7 Å². The molecular formula is C18H22N4O3. The number of rotatable bonds is 6. The van der Waals surface area contributed by atoms with Gasteiger partial charge < -0.3 is 20.1 Å². The third-order valence-corrected chi connectivity index (χ3v) is 4.22. The summed E-state index contributed by atoms with van der Waals surface area (Å²) in [4.78, 5) is 22.6. The minimum Gasteiger partial charge on any atom is -0.484 e. The molecule has 0 unspecified atom stereocenters. The van der Waals surface area contributed by atoms with Crippen LogP contribution < -0.4 is 15.0 Å². The summed E-state index contributed by atoms with van der Waals surface area (Å²) in [6.07, 6.45) is 3.36. The van der Waals surface area contributed by atoms with Crippen LogP contribution in [0.1, 0.15) is 5.56 Å². The molecule has 2 aromatic rings. The summed E-state index contributed by atoms with van der Waals surface area (Å²) < 4.78 is 5.53. The maximum Gasteiger partial charge on any atom is 0.258 e. The molecule has 0 aliphatic carbocycles. The number of ether oxygens (including phenoxy) is 1. The van der Waals surface area contributed by atoms with E-state index < -0.39 is 0 Å². The molecule has 1 aromatic heterocycles. The van der Waals surface area contributed by atoms with Crippen molar-refractivity contribution in [3.8, 4) is 5.75 Å². The van der Waals surface area contributed by atoms with Crippen LogP contribution in [-0.2, 0) is 4.79 Å². The zero-order valence-corrected chi connectivity index (χ0v) is 14.1. The average Bonchev–Trinajstić information content (AvgIpc) is 3.04. The van der Waals surface area contributed by atoms with Gasteiger partial charge in [-0.1, -0.05) is 12.1 Å². The second-order valence-corrected chi connectivity index (χ2v) is 6.18. The second kappa shape index (κ2) is 7.94. The van der Waals surface area contributed by atoms with E-state index in [-0.39, 0.29) is 31.1 Å². The van der Waals surface area contributed by atoms with E-state index in [9.17, 15) is 9.90 Å². The number of aliphatic hydroxyl groups is 1. The lowest BCUT2D eigenvalue weighted by Crippen LogP contribution is -2.43. The van der Waals surface area contributed by atoms with Crippen molar-refractivity contribution in [2.45, 2.75) is 13.0 Å². The Labute approximate surface area is 146 Å². The molecule has 7 heteroatoms. The number of aromatic nitrogens is 2. The van der Waals surface area contributed by atoms with Gasteiger partial charge in [0.05, 0.1) is 6.04 Å². The highest BCUT2D eigenvalue weighted by atomic mass is 16.5. The number of carbonyl (C=O) groups is 1. The highest BCUT2D eigenvalue weighted by molar-refractivity contribution is 5.78. The number of benzene rings is 1. The smallest absolute Gasteiger partial charge is 0.258 e. The van der Waals surface area contributed by atoms with E-state index in [2.05, 4.69) is 15.3 Å². The maximum atomic E-state index is 12.2. The molecular weight excluding hydrogens is 320 g/mol. The fraction of sp³-hybridized carbons (Fsp3) is 0.389. The first-order valence-corrected chi connectivity index (χ1v) is 8.27. The molecule has 1 aliphatic rings. The fourth-order valence-corrected chi connectivity index (χ4v) is 2.94. The van der Waals surface area contributed by atoms with Crippen molar-refractivity contribution in [1.29, 1.82) is 0 Å². The van der Waals surface area contributed by atoms with Crippen LogP contribution in [0, 0.1) is 12.8 Å². The molecule has 1 amide bonds. The van der Waals surface area contributed by atoms with E-state index in [1.54, 1.807) is 18.5 Å². The summed E-state index contributed by atoms with van der Waals surface area (Å²) in [5, 5.41) is 12.5. The minimum absolute atomic E-state index is 0.00693. The van der Waals surface area contributed by atoms with Gasteiger partial charge >= 0.3 is 0 Å². The van der Waals surface area contributed by atoms with E-state index in [0.29, 0.717) is 24.8 Å². The molecule has 25 heavy (non-hydrogen) atoms. The van der Waals surface area contributed by atoms with Gasteiger partial charge in [0, 0.05) is 38.0 Å². The van der Waals surface area contributed by atoms with E-state index in [0.717, 1.165) is 5.56 Å². The molecule has 2 N–H and O–H groups in total. The van der Waals surface area contributed by atoms with Crippen LogP contribution in [0.3, 0.4) is 0 Å². The van der Waals surface area contributed by atoms with Gasteiger partial charge in [-0.25, -0.2) is 9.97 Å². The lowest BCUT2D eigenvalue weighted by atomic mass is 10.1. The molecule has 1 aromatic carbocycles. The standard InChI is InChI=1S/C18H22N4O3/c1-13-4-2-5-15(8-13)25-12-17(24)21-16-10-22(9-14(16)11-23)18-19-6-3-7-20-18/h2-8,14,16,23H,9-12H2,1H3,(H,21,24)/t14-,16+/m0/s1. The Bertz CT molecular complexity index is 710. The summed E-state index contributed by atoms with van der Waals surface area (Å²) in [7, 11) is 0. The number of amides is 1. The van der Waals surface area contributed by atoms with Crippen molar-refractivity contribution >= 4 is 11.9 Å². The predicted molar refractivity (Wildman–Crippen MR) is 93.4 cm³/mol. The topological polar surface area (TPSA) is 87.6 Å². The number of hydrogen-bond donors (Lipinski definition) is 2. The highest BCUT2D eigenvalue weighted by Crippen LogP contribution is 2.20. The van der Waals surface area contributed by atoms with Crippen LogP contribution in [-0.4, -0.2) is 53.3 Å². The lowest BCUT2D eigenvalue weighted by molar-refractivity contribution is -0.124. The summed E-state index contributed by atoms with van der Waals surface area (Å²) in [6, 6.07) is 9.15. The van der Waals surface area contributed by atoms with Gasteiger partial charge in [0.1, 0.15) is 5.75 Å². The summed E-state index contributed by atoms with van der Waals surface area (Å²) in [5.41, 5.74) is 1.08. The normalized spacial score (nSPS) is 19.7. The number of nitrogens with one attached hydrogen (secondary N) is 1. The lowest BCUT2D eigenvalue weighted by Gasteiger charge is -2.18.